The molecule has 0 amide bonds. The molecule has 0 aliphatic heterocycles. The van der Waals surface area contributed by atoms with Gasteiger partial charge in [-0.15, -0.1) is 0 Å². The van der Waals surface area contributed by atoms with Gasteiger partial charge in [-0.05, 0) is 72.2 Å². The molecule has 1 aliphatic carbocycles. The number of carboxylic acid groups (broad SMARTS) is 1. The maximum absolute atomic E-state index is 13.3. The number of halogens is 3. The predicted octanol–water partition coefficient (Wildman–Crippen LogP) is 5.52. The smallest absolute Gasteiger partial charge is 0.406 e. The van der Waals surface area contributed by atoms with E-state index in [0.717, 1.165) is 23.0 Å². The molecule has 1 heterocycles. The number of aromatic nitrogens is 2. The van der Waals surface area contributed by atoms with Crippen LogP contribution in [0.1, 0.15) is 45.8 Å². The van der Waals surface area contributed by atoms with E-state index in [0.29, 0.717) is 28.2 Å². The summed E-state index contributed by atoms with van der Waals surface area (Å²) < 4.78 is 42.0. The number of rotatable bonds is 6. The fourth-order valence-corrected chi connectivity index (χ4v) is 4.41. The summed E-state index contributed by atoms with van der Waals surface area (Å²) in [4.78, 5) is 24.9. The Morgan fingerprint density at radius 2 is 1.71 bits per heavy atom. The van der Waals surface area contributed by atoms with E-state index < -0.39 is 24.4 Å². The Morgan fingerprint density at radius 3 is 2.35 bits per heavy atom. The highest BCUT2D eigenvalue weighted by Gasteiger charge is 2.31. The largest absolute Gasteiger partial charge is 0.478 e. The van der Waals surface area contributed by atoms with Crippen molar-refractivity contribution in [3.05, 3.63) is 99.5 Å². The first-order valence-corrected chi connectivity index (χ1v) is 10.9. The molecule has 1 aromatic heterocycles. The van der Waals surface area contributed by atoms with Crippen LogP contribution in [0.5, 0.6) is 0 Å². The van der Waals surface area contributed by atoms with E-state index in [-0.39, 0.29) is 17.5 Å². The Hall–Kier alpha value is -3.81. The lowest BCUT2D eigenvalue weighted by atomic mass is 9.96. The molecule has 0 spiro atoms. The molecule has 0 radical (unpaired) electrons. The summed E-state index contributed by atoms with van der Waals surface area (Å²) >= 11 is 0. The van der Waals surface area contributed by atoms with Crippen molar-refractivity contribution in [1.29, 1.82) is 0 Å². The van der Waals surface area contributed by atoms with Crippen molar-refractivity contribution in [1.82, 2.24) is 9.13 Å². The highest BCUT2D eigenvalue weighted by atomic mass is 19.4. The summed E-state index contributed by atoms with van der Waals surface area (Å²) in [5, 5.41) is 9.71. The van der Waals surface area contributed by atoms with Crippen LogP contribution >= 0.6 is 0 Å². The van der Waals surface area contributed by atoms with Gasteiger partial charge in [0.1, 0.15) is 6.54 Å². The van der Waals surface area contributed by atoms with Gasteiger partial charge >= 0.3 is 17.8 Å². The summed E-state index contributed by atoms with van der Waals surface area (Å²) in [5.41, 5.74) is 2.57. The van der Waals surface area contributed by atoms with Gasteiger partial charge in [0.15, 0.2) is 0 Å². The van der Waals surface area contributed by atoms with E-state index in [1.165, 1.54) is 4.57 Å². The Labute approximate surface area is 192 Å². The standard InChI is InChI=1S/C26H21F3N2O3/c27-26(28,29)15-30-23-13-16(6-11-22(23)31(25(30)34)20-4-2-1-3-5-20)12-19-10-9-18(17-7-8-17)14-21(19)24(32)33/h1-6,9-11,13-14,17H,7-8,12,15H2,(H,32,33). The third kappa shape index (κ3) is 4.23. The normalized spacial score (nSPS) is 14.0. The van der Waals surface area contributed by atoms with Crippen molar-refractivity contribution in [2.45, 2.75) is 37.9 Å². The lowest BCUT2D eigenvalue weighted by Crippen LogP contribution is -2.29. The zero-order chi connectivity index (χ0) is 24.0. The molecule has 0 atom stereocenters. The summed E-state index contributed by atoms with van der Waals surface area (Å²) in [6.07, 6.45) is -2.27. The van der Waals surface area contributed by atoms with Gasteiger partial charge in [-0.1, -0.05) is 36.4 Å². The van der Waals surface area contributed by atoms with E-state index >= 15 is 0 Å². The Balaban J connectivity index is 1.61. The van der Waals surface area contributed by atoms with Crippen molar-refractivity contribution in [3.63, 3.8) is 0 Å². The summed E-state index contributed by atoms with van der Waals surface area (Å²) in [5.74, 6) is -0.638. The van der Waals surface area contributed by atoms with Crippen molar-refractivity contribution in [3.8, 4) is 5.69 Å². The Kier molecular flexibility index (Phi) is 5.31. The lowest BCUT2D eigenvalue weighted by Gasteiger charge is -2.10. The number of aromatic carboxylic acids is 1. The predicted molar refractivity (Wildman–Crippen MR) is 122 cm³/mol. The Morgan fingerprint density at radius 1 is 0.971 bits per heavy atom. The molecule has 5 rings (SSSR count). The molecule has 5 nitrogen and oxygen atoms in total. The second-order valence-electron chi connectivity index (χ2n) is 8.65. The topological polar surface area (TPSA) is 64.2 Å². The molecule has 1 saturated carbocycles. The number of benzene rings is 3. The zero-order valence-electron chi connectivity index (χ0n) is 18.0. The first-order chi connectivity index (χ1) is 16.2. The van der Waals surface area contributed by atoms with Gasteiger partial charge in [-0.25, -0.2) is 9.59 Å². The van der Waals surface area contributed by atoms with Crippen LogP contribution < -0.4 is 5.69 Å². The van der Waals surface area contributed by atoms with Gasteiger partial charge in [0.2, 0.25) is 0 Å². The second kappa shape index (κ2) is 8.20. The quantitative estimate of drug-likeness (QED) is 0.407. The van der Waals surface area contributed by atoms with Crippen molar-refractivity contribution in [2.24, 2.45) is 0 Å². The molecule has 1 fully saturated rings. The van der Waals surface area contributed by atoms with Gasteiger partial charge in [-0.2, -0.15) is 13.2 Å². The molecule has 1 N–H and O–H groups in total. The van der Waals surface area contributed by atoms with Crippen LogP contribution in [0.15, 0.2) is 71.5 Å². The number of para-hydroxylation sites is 1. The van der Waals surface area contributed by atoms with Crippen LogP contribution in [0.2, 0.25) is 0 Å². The van der Waals surface area contributed by atoms with Gasteiger partial charge < -0.3 is 5.11 Å². The van der Waals surface area contributed by atoms with E-state index in [4.69, 9.17) is 0 Å². The number of fused-ring (bicyclic) bond motifs is 1. The number of nitrogens with zero attached hydrogens (tertiary/aromatic N) is 2. The van der Waals surface area contributed by atoms with Gasteiger partial charge in [0.05, 0.1) is 22.3 Å². The van der Waals surface area contributed by atoms with Crippen LogP contribution in [0.25, 0.3) is 16.7 Å². The first kappa shape index (κ1) is 22.0. The molecule has 3 aromatic carbocycles. The summed E-state index contributed by atoms with van der Waals surface area (Å²) in [6, 6.07) is 18.8. The molecular weight excluding hydrogens is 445 g/mol. The molecule has 0 unspecified atom stereocenters. The SMILES string of the molecule is O=C(O)c1cc(C2CC2)ccc1Cc1ccc2c(c1)n(CC(F)(F)F)c(=O)n2-c1ccccc1. The Bertz CT molecular complexity index is 1450. The third-order valence-corrected chi connectivity index (χ3v) is 6.15. The number of hydrogen-bond donors (Lipinski definition) is 1. The lowest BCUT2D eigenvalue weighted by molar-refractivity contribution is -0.140. The zero-order valence-corrected chi connectivity index (χ0v) is 18.0. The highest BCUT2D eigenvalue weighted by Crippen LogP contribution is 2.40. The number of imidazole rings is 1. The molecule has 4 aromatic rings. The van der Waals surface area contributed by atoms with E-state index in [2.05, 4.69) is 0 Å². The van der Waals surface area contributed by atoms with Crippen molar-refractivity contribution in [2.75, 3.05) is 0 Å². The van der Waals surface area contributed by atoms with Gasteiger partial charge in [-0.3, -0.25) is 9.13 Å². The third-order valence-electron chi connectivity index (χ3n) is 6.15. The molecule has 34 heavy (non-hydrogen) atoms. The minimum atomic E-state index is -4.58. The van der Waals surface area contributed by atoms with Crippen molar-refractivity contribution < 1.29 is 23.1 Å². The van der Waals surface area contributed by atoms with Gasteiger partial charge in [0.25, 0.3) is 0 Å². The van der Waals surface area contributed by atoms with Crippen LogP contribution in [-0.2, 0) is 13.0 Å². The summed E-state index contributed by atoms with van der Waals surface area (Å²) in [7, 11) is 0. The fourth-order valence-electron chi connectivity index (χ4n) is 4.41. The van der Waals surface area contributed by atoms with Crippen LogP contribution in [-0.4, -0.2) is 26.4 Å². The monoisotopic (exact) mass is 466 g/mol. The average Bonchev–Trinajstić information content (AvgIpc) is 3.60. The minimum Gasteiger partial charge on any atom is -0.478 e. The minimum absolute atomic E-state index is 0.148. The first-order valence-electron chi connectivity index (χ1n) is 10.9. The van der Waals surface area contributed by atoms with Crippen LogP contribution in [0.3, 0.4) is 0 Å². The second-order valence-corrected chi connectivity index (χ2v) is 8.65. The molecule has 0 saturated heterocycles. The molecule has 8 heteroatoms. The highest BCUT2D eigenvalue weighted by molar-refractivity contribution is 5.90. The molecule has 1 aliphatic rings. The number of carbonyl (C=O) groups is 1. The fraction of sp³-hybridized carbons (Fsp3) is 0.231. The summed E-state index contributed by atoms with van der Waals surface area (Å²) in [6.45, 7) is -1.41. The molecule has 174 valence electrons. The number of hydrogen-bond acceptors (Lipinski definition) is 2. The maximum atomic E-state index is 13.3. The number of carboxylic acids is 1. The van der Waals surface area contributed by atoms with Gasteiger partial charge in [0, 0.05) is 0 Å². The van der Waals surface area contributed by atoms with Crippen molar-refractivity contribution >= 4 is 17.0 Å². The number of alkyl halides is 3. The van der Waals surface area contributed by atoms with Crippen LogP contribution in [0.4, 0.5) is 13.2 Å². The average molecular weight is 466 g/mol. The maximum Gasteiger partial charge on any atom is 0.406 e. The van der Waals surface area contributed by atoms with E-state index in [1.807, 2.05) is 6.07 Å². The molecular formula is C26H21F3N2O3. The van der Waals surface area contributed by atoms with E-state index in [9.17, 15) is 27.9 Å². The molecule has 0 bridgehead atoms. The van der Waals surface area contributed by atoms with E-state index in [1.54, 1.807) is 60.7 Å². The van der Waals surface area contributed by atoms with Crippen LogP contribution in [0, 0.1) is 0 Å².